The van der Waals surface area contributed by atoms with E-state index in [1.54, 1.807) is 18.2 Å². The number of anilines is 1. The molecule has 2 N–H and O–H groups in total. The number of halogens is 1. The minimum Gasteiger partial charge on any atom is -0.508 e. The van der Waals surface area contributed by atoms with Gasteiger partial charge in [-0.2, -0.15) is 9.97 Å². The first-order valence-electron chi connectivity index (χ1n) is 13.6. The molecule has 1 aromatic heterocycles. The number of likely N-dealkylation sites (tertiary alicyclic amines) is 1. The van der Waals surface area contributed by atoms with Crippen LogP contribution in [0.2, 0.25) is 0 Å². The highest BCUT2D eigenvalue weighted by molar-refractivity contribution is 6.01. The van der Waals surface area contributed by atoms with Crippen molar-refractivity contribution in [1.82, 2.24) is 20.2 Å². The summed E-state index contributed by atoms with van der Waals surface area (Å²) in [4.78, 5) is 14.0. The van der Waals surface area contributed by atoms with Crippen molar-refractivity contribution in [2.24, 2.45) is 0 Å². The predicted molar refractivity (Wildman–Crippen MR) is 147 cm³/mol. The summed E-state index contributed by atoms with van der Waals surface area (Å²) in [6, 6.07) is 15.2. The monoisotopic (exact) mass is 513 g/mol. The van der Waals surface area contributed by atoms with Crippen molar-refractivity contribution in [2.75, 3.05) is 44.7 Å². The van der Waals surface area contributed by atoms with E-state index < -0.39 is 5.82 Å². The summed E-state index contributed by atoms with van der Waals surface area (Å²) in [5, 5.41) is 16.4. The molecule has 1 atom stereocenters. The summed E-state index contributed by atoms with van der Waals surface area (Å²) in [6.07, 6.45) is 4.51. The van der Waals surface area contributed by atoms with Crippen LogP contribution >= 0.6 is 0 Å². The maximum Gasteiger partial charge on any atom is 0.319 e. The van der Waals surface area contributed by atoms with Crippen LogP contribution in [0.25, 0.3) is 32.8 Å². The zero-order valence-corrected chi connectivity index (χ0v) is 21.6. The van der Waals surface area contributed by atoms with Gasteiger partial charge in [0.05, 0.1) is 0 Å². The standard InChI is InChI=1S/C30H32FN5O2/c1-35-13-4-6-20(35)17-38-29-33-27-24(28(34-29)36-14-12-32-30(18-36)10-11-30)9-8-23(26(27)31)25-16-21(37)15-19-5-2-3-7-22(19)25/h2-3,5,7-9,15-16,20,32,37H,4,6,10-14,17-18H2,1H3/t20-/m0/s1. The Morgan fingerprint density at radius 1 is 1.08 bits per heavy atom. The van der Waals surface area contributed by atoms with Gasteiger partial charge in [0.1, 0.15) is 23.7 Å². The number of rotatable bonds is 5. The van der Waals surface area contributed by atoms with Gasteiger partial charge in [-0.05, 0) is 73.8 Å². The maximum atomic E-state index is 16.4. The number of hydrogen-bond acceptors (Lipinski definition) is 7. The van der Waals surface area contributed by atoms with Crippen LogP contribution < -0.4 is 15.0 Å². The molecule has 7 rings (SSSR count). The molecule has 1 aliphatic carbocycles. The number of ether oxygens (including phenoxy) is 1. The van der Waals surface area contributed by atoms with E-state index in [9.17, 15) is 5.11 Å². The van der Waals surface area contributed by atoms with E-state index in [4.69, 9.17) is 9.72 Å². The van der Waals surface area contributed by atoms with E-state index >= 15 is 4.39 Å². The number of likely N-dealkylation sites (N-methyl/N-ethyl adjacent to an activating group) is 1. The number of piperazine rings is 1. The largest absolute Gasteiger partial charge is 0.508 e. The topological polar surface area (TPSA) is 73.8 Å². The van der Waals surface area contributed by atoms with Crippen LogP contribution in [0.15, 0.2) is 48.5 Å². The van der Waals surface area contributed by atoms with Crippen LogP contribution in [0, 0.1) is 5.82 Å². The molecule has 2 saturated heterocycles. The first kappa shape index (κ1) is 23.6. The third kappa shape index (κ3) is 4.12. The van der Waals surface area contributed by atoms with Crippen molar-refractivity contribution in [2.45, 2.75) is 37.3 Å². The lowest BCUT2D eigenvalue weighted by atomic mass is 9.96. The second-order valence-corrected chi connectivity index (χ2v) is 11.1. The molecule has 196 valence electrons. The molecule has 7 nitrogen and oxygen atoms in total. The van der Waals surface area contributed by atoms with E-state index in [-0.39, 0.29) is 22.8 Å². The third-order valence-electron chi connectivity index (χ3n) is 8.51. The average molecular weight is 514 g/mol. The number of phenolic OH excluding ortho intramolecular Hbond substituents is 1. The Hall–Kier alpha value is -3.49. The molecular weight excluding hydrogens is 481 g/mol. The van der Waals surface area contributed by atoms with Gasteiger partial charge in [0.25, 0.3) is 0 Å². The molecule has 0 amide bonds. The van der Waals surface area contributed by atoms with Crippen LogP contribution in [-0.2, 0) is 0 Å². The van der Waals surface area contributed by atoms with Crippen molar-refractivity contribution in [3.8, 4) is 22.9 Å². The van der Waals surface area contributed by atoms with Crippen LogP contribution in [0.4, 0.5) is 10.2 Å². The zero-order valence-electron chi connectivity index (χ0n) is 21.6. The number of nitrogens with zero attached hydrogens (tertiary/aromatic N) is 4. The summed E-state index contributed by atoms with van der Waals surface area (Å²) < 4.78 is 22.6. The van der Waals surface area contributed by atoms with Crippen molar-refractivity contribution < 1.29 is 14.2 Å². The van der Waals surface area contributed by atoms with Crippen molar-refractivity contribution >= 4 is 27.5 Å². The van der Waals surface area contributed by atoms with Gasteiger partial charge in [-0.1, -0.05) is 30.3 Å². The fourth-order valence-electron chi connectivity index (χ4n) is 6.14. The van der Waals surface area contributed by atoms with Gasteiger partial charge in [0, 0.05) is 42.2 Å². The average Bonchev–Trinajstić information content (AvgIpc) is 3.53. The molecule has 0 radical (unpaired) electrons. The number of phenols is 1. The van der Waals surface area contributed by atoms with Gasteiger partial charge in [0.2, 0.25) is 0 Å². The van der Waals surface area contributed by atoms with Gasteiger partial charge in [0.15, 0.2) is 5.82 Å². The third-order valence-corrected chi connectivity index (χ3v) is 8.51. The Morgan fingerprint density at radius 2 is 1.95 bits per heavy atom. The molecule has 2 aliphatic heterocycles. The number of nitrogens with one attached hydrogen (secondary N) is 1. The number of aromatic hydroxyl groups is 1. The number of benzene rings is 3. The van der Waals surface area contributed by atoms with Crippen LogP contribution in [0.3, 0.4) is 0 Å². The predicted octanol–water partition coefficient (Wildman–Crippen LogP) is 4.71. The highest BCUT2D eigenvalue weighted by Gasteiger charge is 2.46. The molecule has 8 heteroatoms. The van der Waals surface area contributed by atoms with Gasteiger partial charge in [-0.15, -0.1) is 0 Å². The normalized spacial score (nSPS) is 21.0. The van der Waals surface area contributed by atoms with Crippen LogP contribution in [-0.4, -0.2) is 71.4 Å². The fourth-order valence-corrected chi connectivity index (χ4v) is 6.14. The quantitative estimate of drug-likeness (QED) is 0.400. The summed E-state index contributed by atoms with van der Waals surface area (Å²) in [7, 11) is 2.11. The van der Waals surface area contributed by atoms with E-state index in [0.717, 1.165) is 68.5 Å². The first-order chi connectivity index (χ1) is 18.5. The molecule has 0 unspecified atom stereocenters. The number of fused-ring (bicyclic) bond motifs is 2. The molecule has 4 aromatic rings. The SMILES string of the molecule is CN1CCC[C@H]1COc1nc(N2CCNC3(CC3)C2)c2ccc(-c3cc(O)cc4ccccc34)c(F)c2n1. The highest BCUT2D eigenvalue weighted by atomic mass is 19.1. The highest BCUT2D eigenvalue weighted by Crippen LogP contribution is 2.41. The van der Waals surface area contributed by atoms with E-state index in [2.05, 4.69) is 27.1 Å². The van der Waals surface area contributed by atoms with Crippen LogP contribution in [0.5, 0.6) is 11.8 Å². The summed E-state index contributed by atoms with van der Waals surface area (Å²) in [5.41, 5.74) is 1.42. The molecule has 3 aliphatic rings. The Labute approximate surface area is 221 Å². The molecule has 3 heterocycles. The minimum absolute atomic E-state index is 0.0989. The van der Waals surface area contributed by atoms with Crippen molar-refractivity contribution in [3.63, 3.8) is 0 Å². The van der Waals surface area contributed by atoms with Gasteiger partial charge < -0.3 is 25.0 Å². The van der Waals surface area contributed by atoms with E-state index in [0.29, 0.717) is 29.2 Å². The molecule has 3 aromatic carbocycles. The lowest BCUT2D eigenvalue weighted by molar-refractivity contribution is 0.188. The number of aromatic nitrogens is 2. The van der Waals surface area contributed by atoms with E-state index in [1.165, 1.54) is 0 Å². The summed E-state index contributed by atoms with van der Waals surface area (Å²) in [6.45, 7) is 4.02. The second-order valence-electron chi connectivity index (χ2n) is 11.1. The van der Waals surface area contributed by atoms with Crippen molar-refractivity contribution in [3.05, 3.63) is 54.3 Å². The van der Waals surface area contributed by atoms with E-state index in [1.807, 2.05) is 30.3 Å². The zero-order chi connectivity index (χ0) is 25.9. The smallest absolute Gasteiger partial charge is 0.319 e. The molecule has 3 fully saturated rings. The number of hydrogen-bond donors (Lipinski definition) is 2. The summed E-state index contributed by atoms with van der Waals surface area (Å²) in [5.74, 6) is 0.395. The Balaban J connectivity index is 1.35. The second kappa shape index (κ2) is 9.06. The molecule has 1 saturated carbocycles. The van der Waals surface area contributed by atoms with Crippen LogP contribution in [0.1, 0.15) is 25.7 Å². The van der Waals surface area contributed by atoms with Gasteiger partial charge in [-0.3, -0.25) is 0 Å². The lowest BCUT2D eigenvalue weighted by Gasteiger charge is -2.35. The fraction of sp³-hybridized carbons (Fsp3) is 0.400. The Bertz CT molecular complexity index is 1540. The van der Waals surface area contributed by atoms with Gasteiger partial charge >= 0.3 is 6.01 Å². The molecule has 1 spiro atoms. The Morgan fingerprint density at radius 3 is 2.76 bits per heavy atom. The maximum absolute atomic E-state index is 16.4. The first-order valence-corrected chi connectivity index (χ1v) is 13.6. The molecular formula is C30H32FN5O2. The summed E-state index contributed by atoms with van der Waals surface area (Å²) >= 11 is 0. The van der Waals surface area contributed by atoms with Crippen molar-refractivity contribution in [1.29, 1.82) is 0 Å². The molecule has 0 bridgehead atoms. The minimum atomic E-state index is -0.430. The lowest BCUT2D eigenvalue weighted by Crippen LogP contribution is -2.52. The Kier molecular flexibility index (Phi) is 5.63. The molecule has 38 heavy (non-hydrogen) atoms. The van der Waals surface area contributed by atoms with Gasteiger partial charge in [-0.25, -0.2) is 4.39 Å².